The molecule has 0 aliphatic heterocycles. The highest BCUT2D eigenvalue weighted by molar-refractivity contribution is 5.73. The Bertz CT molecular complexity index is 834. The van der Waals surface area contributed by atoms with Crippen molar-refractivity contribution in [3.05, 3.63) is 107 Å². The number of carboxylic acid groups (broad SMARTS) is 1. The molecule has 0 spiro atoms. The fraction of sp³-hybridized carbons (Fsp3) is 0.208. The number of nitrogens with two attached hydrogens (primary N) is 1. The molecule has 0 aliphatic rings. The number of benzene rings is 3. The summed E-state index contributed by atoms with van der Waals surface area (Å²) in [6.07, 6.45) is 0.991. The third-order valence-corrected chi connectivity index (χ3v) is 5.23. The quantitative estimate of drug-likeness (QED) is 0.610. The van der Waals surface area contributed by atoms with Crippen LogP contribution in [0.4, 0.5) is 0 Å². The largest absolute Gasteiger partial charge is 0.480 e. The van der Waals surface area contributed by atoms with Crippen molar-refractivity contribution in [3.8, 4) is 0 Å². The molecule has 138 valence electrons. The van der Waals surface area contributed by atoms with Gasteiger partial charge in [0.2, 0.25) is 0 Å². The summed E-state index contributed by atoms with van der Waals surface area (Å²) in [5, 5.41) is 9.30. The number of hydrogen-bond acceptors (Lipinski definition) is 2. The van der Waals surface area contributed by atoms with E-state index in [0.717, 1.165) is 16.7 Å². The number of rotatable bonds is 7. The van der Waals surface area contributed by atoms with E-state index in [1.165, 1.54) is 5.56 Å². The van der Waals surface area contributed by atoms with Crippen LogP contribution in [0.2, 0.25) is 0 Å². The van der Waals surface area contributed by atoms with Crippen LogP contribution >= 0.6 is 0 Å². The van der Waals surface area contributed by atoms with Crippen LogP contribution in [0.3, 0.4) is 0 Å². The van der Waals surface area contributed by atoms with Crippen molar-refractivity contribution in [1.29, 1.82) is 0 Å². The summed E-state index contributed by atoms with van der Waals surface area (Å²) in [6, 6.07) is 28.1. The first kappa shape index (κ1) is 18.9. The summed E-state index contributed by atoms with van der Waals surface area (Å²) in [7, 11) is 0. The van der Waals surface area contributed by atoms with Crippen molar-refractivity contribution in [3.63, 3.8) is 0 Å². The van der Waals surface area contributed by atoms with Crippen molar-refractivity contribution in [2.75, 3.05) is 0 Å². The van der Waals surface area contributed by atoms with Gasteiger partial charge in [0.25, 0.3) is 0 Å². The summed E-state index contributed by atoms with van der Waals surface area (Å²) >= 11 is 0. The predicted octanol–water partition coefficient (Wildman–Crippen LogP) is 4.52. The number of carbonyl (C=O) groups is 1. The van der Waals surface area contributed by atoms with E-state index < -0.39 is 17.4 Å². The van der Waals surface area contributed by atoms with E-state index in [2.05, 4.69) is 55.5 Å². The van der Waals surface area contributed by atoms with Crippen LogP contribution in [-0.4, -0.2) is 17.1 Å². The number of hydrogen-bond donors (Lipinski definition) is 2. The van der Waals surface area contributed by atoms with E-state index in [0.29, 0.717) is 12.8 Å². The van der Waals surface area contributed by atoms with Gasteiger partial charge < -0.3 is 10.8 Å². The number of aryl methyl sites for hydroxylation is 1. The van der Waals surface area contributed by atoms with E-state index in [-0.39, 0.29) is 0 Å². The molecule has 0 bridgehead atoms. The van der Waals surface area contributed by atoms with Crippen LogP contribution in [0.5, 0.6) is 0 Å². The molecule has 0 saturated heterocycles. The van der Waals surface area contributed by atoms with Gasteiger partial charge in [0, 0.05) is 5.41 Å². The van der Waals surface area contributed by atoms with Crippen LogP contribution in [0, 0.1) is 6.92 Å². The molecule has 3 heteroatoms. The maximum Gasteiger partial charge on any atom is 0.320 e. The van der Waals surface area contributed by atoms with Gasteiger partial charge in [-0.3, -0.25) is 4.79 Å². The highest BCUT2D eigenvalue weighted by Gasteiger charge is 2.36. The van der Waals surface area contributed by atoms with Crippen LogP contribution in [-0.2, 0) is 10.2 Å². The first-order chi connectivity index (χ1) is 13.0. The second-order valence-electron chi connectivity index (χ2n) is 6.99. The minimum atomic E-state index is -0.964. The third-order valence-electron chi connectivity index (χ3n) is 5.23. The zero-order valence-corrected chi connectivity index (χ0v) is 15.5. The minimum absolute atomic E-state index is 0.382. The lowest BCUT2D eigenvalue weighted by Gasteiger charge is -2.36. The molecule has 0 unspecified atom stereocenters. The van der Waals surface area contributed by atoms with Crippen LogP contribution < -0.4 is 5.73 Å². The van der Waals surface area contributed by atoms with Gasteiger partial charge in [-0.05, 0) is 36.5 Å². The van der Waals surface area contributed by atoms with E-state index in [1.54, 1.807) is 0 Å². The maximum atomic E-state index is 11.3. The Labute approximate surface area is 160 Å². The Balaban J connectivity index is 2.21. The average molecular weight is 359 g/mol. The van der Waals surface area contributed by atoms with Crippen molar-refractivity contribution in [1.82, 2.24) is 0 Å². The van der Waals surface area contributed by atoms with E-state index in [4.69, 9.17) is 5.73 Å². The molecule has 3 aromatic rings. The lowest BCUT2D eigenvalue weighted by molar-refractivity contribution is -0.138. The monoisotopic (exact) mass is 359 g/mol. The summed E-state index contributed by atoms with van der Waals surface area (Å²) < 4.78 is 0. The predicted molar refractivity (Wildman–Crippen MR) is 109 cm³/mol. The van der Waals surface area contributed by atoms with Gasteiger partial charge in [0.1, 0.15) is 6.04 Å². The SMILES string of the molecule is Cc1ccc(C(CC[C@@H](N)C(=O)O)(c2ccccc2)c2ccccc2)cc1. The molecule has 0 radical (unpaired) electrons. The van der Waals surface area contributed by atoms with E-state index >= 15 is 0 Å². The van der Waals surface area contributed by atoms with Crippen LogP contribution in [0.15, 0.2) is 84.9 Å². The Morgan fingerprint density at radius 3 is 1.74 bits per heavy atom. The smallest absolute Gasteiger partial charge is 0.320 e. The molecule has 0 saturated carbocycles. The first-order valence-corrected chi connectivity index (χ1v) is 9.20. The fourth-order valence-electron chi connectivity index (χ4n) is 3.71. The molecule has 0 aliphatic carbocycles. The highest BCUT2D eigenvalue weighted by atomic mass is 16.4. The lowest BCUT2D eigenvalue weighted by atomic mass is 9.66. The summed E-state index contributed by atoms with van der Waals surface area (Å²) in [4.78, 5) is 11.3. The molecular weight excluding hydrogens is 334 g/mol. The van der Waals surface area contributed by atoms with Gasteiger partial charge in [0.05, 0.1) is 0 Å². The standard InChI is InChI=1S/C24H25NO2/c1-18-12-14-21(15-13-18)24(17-16-22(25)23(26)27,19-8-4-2-5-9-19)20-10-6-3-7-11-20/h2-15,22H,16-17,25H2,1H3,(H,26,27)/t22-/m1/s1. The molecule has 27 heavy (non-hydrogen) atoms. The molecule has 3 nitrogen and oxygen atoms in total. The molecule has 3 N–H and O–H groups in total. The molecule has 3 rings (SSSR count). The first-order valence-electron chi connectivity index (χ1n) is 9.20. The molecule has 0 aromatic heterocycles. The summed E-state index contributed by atoms with van der Waals surface area (Å²) in [5.74, 6) is -0.964. The Morgan fingerprint density at radius 2 is 1.30 bits per heavy atom. The Hall–Kier alpha value is -2.91. The number of aliphatic carboxylic acids is 1. The van der Waals surface area contributed by atoms with Crippen molar-refractivity contribution < 1.29 is 9.90 Å². The van der Waals surface area contributed by atoms with Gasteiger partial charge in [-0.2, -0.15) is 0 Å². The average Bonchev–Trinajstić information content (AvgIpc) is 2.71. The fourth-order valence-corrected chi connectivity index (χ4v) is 3.71. The van der Waals surface area contributed by atoms with Gasteiger partial charge in [-0.25, -0.2) is 0 Å². The van der Waals surface area contributed by atoms with Gasteiger partial charge >= 0.3 is 5.97 Å². The second kappa shape index (κ2) is 8.19. The van der Waals surface area contributed by atoms with Crippen molar-refractivity contribution >= 4 is 5.97 Å². The zero-order chi connectivity index (χ0) is 19.3. The van der Waals surface area contributed by atoms with Crippen molar-refractivity contribution in [2.45, 2.75) is 31.2 Å². The molecule has 0 fully saturated rings. The minimum Gasteiger partial charge on any atom is -0.480 e. The zero-order valence-electron chi connectivity index (χ0n) is 15.5. The number of carboxylic acids is 1. The summed E-state index contributed by atoms with van der Waals surface area (Å²) in [5.41, 5.74) is 10.0. The van der Waals surface area contributed by atoms with Gasteiger partial charge in [-0.1, -0.05) is 90.5 Å². The van der Waals surface area contributed by atoms with Crippen LogP contribution in [0.1, 0.15) is 35.1 Å². The third kappa shape index (κ3) is 3.93. The molecule has 3 aromatic carbocycles. The topological polar surface area (TPSA) is 63.3 Å². The van der Waals surface area contributed by atoms with E-state index in [1.807, 2.05) is 36.4 Å². The molecule has 1 atom stereocenters. The second-order valence-corrected chi connectivity index (χ2v) is 6.99. The Morgan fingerprint density at radius 1 is 0.852 bits per heavy atom. The van der Waals surface area contributed by atoms with Gasteiger partial charge in [-0.15, -0.1) is 0 Å². The van der Waals surface area contributed by atoms with Crippen LogP contribution in [0.25, 0.3) is 0 Å². The van der Waals surface area contributed by atoms with Crippen molar-refractivity contribution in [2.24, 2.45) is 5.73 Å². The Kier molecular flexibility index (Phi) is 5.72. The van der Waals surface area contributed by atoms with Gasteiger partial charge in [0.15, 0.2) is 0 Å². The normalized spacial score (nSPS) is 12.5. The summed E-state index contributed by atoms with van der Waals surface area (Å²) in [6.45, 7) is 2.07. The molecular formula is C24H25NO2. The molecule has 0 amide bonds. The maximum absolute atomic E-state index is 11.3. The molecule has 0 heterocycles. The lowest BCUT2D eigenvalue weighted by Crippen LogP contribution is -2.35. The van der Waals surface area contributed by atoms with E-state index in [9.17, 15) is 9.90 Å². The highest BCUT2D eigenvalue weighted by Crippen LogP contribution is 2.43.